The third kappa shape index (κ3) is 4.81. The van der Waals surface area contributed by atoms with Crippen molar-refractivity contribution in [3.8, 4) is 5.75 Å². The molecule has 0 aliphatic heterocycles. The van der Waals surface area contributed by atoms with E-state index in [0.717, 1.165) is 11.3 Å². The number of benzene rings is 2. The van der Waals surface area contributed by atoms with Crippen LogP contribution in [0.3, 0.4) is 0 Å². The number of rotatable bonds is 8. The summed E-state index contributed by atoms with van der Waals surface area (Å²) in [5, 5.41) is 0.138. The largest absolute Gasteiger partial charge is 0.494 e. The van der Waals surface area contributed by atoms with Gasteiger partial charge in [0.15, 0.2) is 5.16 Å². The quantitative estimate of drug-likeness (QED) is 0.521. The number of hydrogen-bond acceptors (Lipinski definition) is 4. The molecule has 0 atom stereocenters. The Morgan fingerprint density at radius 1 is 1.21 bits per heavy atom. The van der Waals surface area contributed by atoms with E-state index >= 15 is 0 Å². The van der Waals surface area contributed by atoms with Crippen molar-refractivity contribution >= 4 is 28.7 Å². The van der Waals surface area contributed by atoms with Gasteiger partial charge in [0.25, 0.3) is 5.76 Å². The van der Waals surface area contributed by atoms with Gasteiger partial charge in [-0.25, -0.2) is 4.98 Å². The maximum Gasteiger partial charge on any atom is 0.291 e. The van der Waals surface area contributed by atoms with Gasteiger partial charge in [0.1, 0.15) is 12.3 Å². The molecule has 8 heteroatoms. The highest BCUT2D eigenvalue weighted by Crippen LogP contribution is 2.28. The van der Waals surface area contributed by atoms with Crippen molar-refractivity contribution in [3.63, 3.8) is 0 Å². The average molecular weight is 405 g/mol. The van der Waals surface area contributed by atoms with Gasteiger partial charge in [-0.05, 0) is 48.5 Å². The first-order valence-electron chi connectivity index (χ1n) is 8.83. The number of para-hydroxylation sites is 2. The van der Waals surface area contributed by atoms with Crippen molar-refractivity contribution in [1.82, 2.24) is 14.5 Å². The van der Waals surface area contributed by atoms with E-state index in [1.165, 1.54) is 0 Å². The van der Waals surface area contributed by atoms with Crippen LogP contribution in [0.2, 0.25) is 0 Å². The van der Waals surface area contributed by atoms with Gasteiger partial charge in [-0.2, -0.15) is 8.78 Å². The van der Waals surface area contributed by atoms with Gasteiger partial charge < -0.3 is 14.2 Å². The summed E-state index contributed by atoms with van der Waals surface area (Å²) in [4.78, 5) is 18.5. The lowest BCUT2D eigenvalue weighted by molar-refractivity contribution is -0.131. The fraction of sp³-hybridized carbons (Fsp3) is 0.300. The smallest absolute Gasteiger partial charge is 0.291 e. The second-order valence-corrected chi connectivity index (χ2v) is 7.13. The number of aromatic nitrogens is 2. The van der Waals surface area contributed by atoms with Gasteiger partial charge in [0.05, 0.1) is 17.6 Å². The normalized spacial score (nSPS) is 11.2. The Hall–Kier alpha value is -2.61. The Morgan fingerprint density at radius 3 is 2.61 bits per heavy atom. The van der Waals surface area contributed by atoms with Crippen molar-refractivity contribution in [2.24, 2.45) is 0 Å². The topological polar surface area (TPSA) is 47.4 Å². The predicted octanol–water partition coefficient (Wildman–Crippen LogP) is 4.41. The molecule has 0 unspecified atom stereocenters. The number of imidazole rings is 1. The Balaban J connectivity index is 1.74. The zero-order chi connectivity index (χ0) is 20.1. The van der Waals surface area contributed by atoms with Gasteiger partial charge in [0, 0.05) is 13.6 Å². The first-order valence-corrected chi connectivity index (χ1v) is 9.71. The molecule has 1 aromatic heterocycles. The molecule has 1 amide bonds. The molecular weight excluding hydrogens is 384 g/mol. The molecule has 0 aliphatic rings. The van der Waals surface area contributed by atoms with Crippen LogP contribution in [0.15, 0.2) is 53.7 Å². The van der Waals surface area contributed by atoms with Crippen LogP contribution in [-0.4, -0.2) is 39.8 Å². The number of carbonyl (C=O) groups excluding carboxylic acids is 1. The van der Waals surface area contributed by atoms with Gasteiger partial charge in [-0.1, -0.05) is 24.3 Å². The van der Waals surface area contributed by atoms with E-state index < -0.39 is 5.76 Å². The summed E-state index contributed by atoms with van der Waals surface area (Å²) in [5.74, 6) is -2.01. The summed E-state index contributed by atoms with van der Waals surface area (Å²) in [6.07, 6.45) is 0. The lowest BCUT2D eigenvalue weighted by Gasteiger charge is -2.19. The van der Waals surface area contributed by atoms with Crippen LogP contribution >= 0.6 is 11.8 Å². The number of amides is 1. The maximum absolute atomic E-state index is 12.9. The number of hydrogen-bond donors (Lipinski definition) is 0. The Labute approximate surface area is 166 Å². The van der Waals surface area contributed by atoms with Crippen LogP contribution in [-0.2, 0) is 17.9 Å². The fourth-order valence-electron chi connectivity index (χ4n) is 2.85. The second-order valence-electron chi connectivity index (χ2n) is 6.17. The molecule has 5 nitrogen and oxygen atoms in total. The average Bonchev–Trinajstić information content (AvgIpc) is 3.00. The fourth-order valence-corrected chi connectivity index (χ4v) is 3.45. The number of halogens is 2. The lowest BCUT2D eigenvalue weighted by atomic mass is 10.2. The molecule has 3 rings (SSSR count). The predicted molar refractivity (Wildman–Crippen MR) is 106 cm³/mol. The summed E-state index contributed by atoms with van der Waals surface area (Å²) >= 11 is 0.349. The third-order valence-electron chi connectivity index (χ3n) is 4.19. The molecule has 0 fully saturated rings. The number of likely N-dealkylation sites (N-methyl/N-ethyl adjacent to an activating group) is 1. The standard InChI is InChI=1S/C20H21F2N3O2S/c1-3-27-15-10-8-14(9-11-15)12-24(2)18(26)13-25-17-7-5-4-6-16(17)23-20(25)28-19(21)22/h4-11,19H,3,12-13H2,1-2H3. The molecule has 1 heterocycles. The van der Waals surface area contributed by atoms with Gasteiger partial charge in [-0.15, -0.1) is 0 Å². The number of alkyl halides is 2. The molecule has 0 saturated carbocycles. The second kappa shape index (κ2) is 9.05. The minimum atomic E-state index is -2.60. The van der Waals surface area contributed by atoms with E-state index in [9.17, 15) is 13.6 Å². The van der Waals surface area contributed by atoms with E-state index in [-0.39, 0.29) is 17.6 Å². The van der Waals surface area contributed by atoms with E-state index in [1.54, 1.807) is 40.8 Å². The highest BCUT2D eigenvalue weighted by Gasteiger charge is 2.19. The van der Waals surface area contributed by atoms with Crippen LogP contribution in [0.5, 0.6) is 5.75 Å². The van der Waals surface area contributed by atoms with Crippen molar-refractivity contribution in [2.45, 2.75) is 30.9 Å². The highest BCUT2D eigenvalue weighted by atomic mass is 32.2. The molecule has 0 bridgehead atoms. The highest BCUT2D eigenvalue weighted by molar-refractivity contribution is 7.99. The van der Waals surface area contributed by atoms with Crippen LogP contribution in [0.4, 0.5) is 8.78 Å². The van der Waals surface area contributed by atoms with Crippen molar-refractivity contribution in [3.05, 3.63) is 54.1 Å². The van der Waals surface area contributed by atoms with E-state index in [2.05, 4.69) is 4.98 Å². The summed E-state index contributed by atoms with van der Waals surface area (Å²) < 4.78 is 32.8. The SMILES string of the molecule is CCOc1ccc(CN(C)C(=O)Cn2c(SC(F)F)nc3ccccc32)cc1. The minimum absolute atomic E-state index is 0.0525. The first kappa shape index (κ1) is 20.1. The molecule has 0 saturated heterocycles. The van der Waals surface area contributed by atoms with Crippen LogP contribution in [0, 0.1) is 0 Å². The van der Waals surface area contributed by atoms with Gasteiger partial charge in [0.2, 0.25) is 5.91 Å². The van der Waals surface area contributed by atoms with Gasteiger partial charge in [-0.3, -0.25) is 4.79 Å². The number of nitrogens with zero attached hydrogens (tertiary/aromatic N) is 3. The van der Waals surface area contributed by atoms with Crippen molar-refractivity contribution in [1.29, 1.82) is 0 Å². The molecule has 0 N–H and O–H groups in total. The van der Waals surface area contributed by atoms with Crippen LogP contribution in [0.25, 0.3) is 11.0 Å². The van der Waals surface area contributed by atoms with E-state index in [1.807, 2.05) is 31.2 Å². The van der Waals surface area contributed by atoms with Crippen LogP contribution < -0.4 is 4.74 Å². The monoisotopic (exact) mass is 405 g/mol. The summed E-state index contributed by atoms with van der Waals surface area (Å²) in [6, 6.07) is 14.6. The Kier molecular flexibility index (Phi) is 6.51. The summed E-state index contributed by atoms with van der Waals surface area (Å²) in [7, 11) is 1.69. The first-order chi connectivity index (χ1) is 13.5. The Morgan fingerprint density at radius 2 is 1.93 bits per heavy atom. The van der Waals surface area contributed by atoms with Crippen molar-refractivity contribution in [2.75, 3.05) is 13.7 Å². The van der Waals surface area contributed by atoms with Crippen LogP contribution in [0.1, 0.15) is 12.5 Å². The molecule has 2 aromatic carbocycles. The number of ether oxygens (including phenoxy) is 1. The Bertz CT molecular complexity index is 944. The summed E-state index contributed by atoms with van der Waals surface area (Å²) in [6.45, 7) is 2.87. The van der Waals surface area contributed by atoms with Gasteiger partial charge >= 0.3 is 0 Å². The zero-order valence-electron chi connectivity index (χ0n) is 15.6. The van der Waals surface area contributed by atoms with Crippen molar-refractivity contribution < 1.29 is 18.3 Å². The minimum Gasteiger partial charge on any atom is -0.494 e. The molecule has 0 aliphatic carbocycles. The maximum atomic E-state index is 12.9. The zero-order valence-corrected chi connectivity index (χ0v) is 16.5. The number of fused-ring (bicyclic) bond motifs is 1. The number of carbonyl (C=O) groups is 1. The molecule has 28 heavy (non-hydrogen) atoms. The lowest BCUT2D eigenvalue weighted by Crippen LogP contribution is -2.30. The number of thioether (sulfide) groups is 1. The van der Waals surface area contributed by atoms with E-state index in [0.29, 0.717) is 35.9 Å². The summed E-state index contributed by atoms with van der Waals surface area (Å²) in [5.41, 5.74) is 2.21. The molecule has 0 radical (unpaired) electrons. The molecule has 148 valence electrons. The third-order valence-corrected chi connectivity index (χ3v) is 4.89. The molecule has 0 spiro atoms. The molecular formula is C20H21F2N3O2S. The molecule has 3 aromatic rings. The van der Waals surface area contributed by atoms with E-state index in [4.69, 9.17) is 4.74 Å².